The maximum absolute atomic E-state index is 11.4. The third kappa shape index (κ3) is 8.57. The van der Waals surface area contributed by atoms with Crippen LogP contribution in [0.1, 0.15) is 19.4 Å². The Morgan fingerprint density at radius 2 is 1.89 bits per heavy atom. The summed E-state index contributed by atoms with van der Waals surface area (Å²) in [5.74, 6) is 0.759. The molecule has 0 saturated heterocycles. The number of nitrogens with one attached hydrogen (secondary N) is 3. The highest BCUT2D eigenvalue weighted by atomic mass is 127. The van der Waals surface area contributed by atoms with Gasteiger partial charge in [-0.05, 0) is 44.0 Å². The second-order valence-electron chi connectivity index (χ2n) is 5.85. The van der Waals surface area contributed by atoms with Gasteiger partial charge in [0.2, 0.25) is 10.0 Å². The predicted molar refractivity (Wildman–Crippen MR) is 124 cm³/mol. The summed E-state index contributed by atoms with van der Waals surface area (Å²) in [4.78, 5) is 4.39. The van der Waals surface area contributed by atoms with Gasteiger partial charge in [-0.25, -0.2) is 17.8 Å². The van der Waals surface area contributed by atoms with Crippen LogP contribution in [0.2, 0.25) is 0 Å². The van der Waals surface area contributed by atoms with Crippen LogP contribution in [0.3, 0.4) is 0 Å². The highest BCUT2D eigenvalue weighted by Gasteiger charge is 2.04. The molecule has 0 fully saturated rings. The van der Waals surface area contributed by atoms with Crippen LogP contribution in [0.25, 0.3) is 5.69 Å². The maximum atomic E-state index is 11.4. The van der Waals surface area contributed by atoms with Crippen molar-refractivity contribution < 1.29 is 8.42 Å². The standard InChI is InChI=1S/C18H28N6O2S.HI/c1-3-19-18(21-13-14-23-27(25,26)4-2)20-12-10-16-6-8-17(9-7-16)24-15-5-11-22-24;/h5-9,11,15,23H,3-4,10,12-14H2,1-2H3,(H2,19,20,21);1H. The maximum Gasteiger partial charge on any atom is 0.211 e. The van der Waals surface area contributed by atoms with Gasteiger partial charge in [-0.2, -0.15) is 5.10 Å². The second kappa shape index (κ2) is 12.7. The minimum absolute atomic E-state index is 0. The van der Waals surface area contributed by atoms with Gasteiger partial charge >= 0.3 is 0 Å². The molecule has 0 bridgehead atoms. The molecule has 1 aromatic carbocycles. The van der Waals surface area contributed by atoms with Gasteiger partial charge in [0.05, 0.1) is 18.0 Å². The van der Waals surface area contributed by atoms with Gasteiger partial charge in [-0.15, -0.1) is 24.0 Å². The predicted octanol–water partition coefficient (Wildman–Crippen LogP) is 1.53. The fourth-order valence-corrected chi connectivity index (χ4v) is 2.98. The molecule has 0 amide bonds. The molecule has 3 N–H and O–H groups in total. The molecule has 2 rings (SSSR count). The topological polar surface area (TPSA) is 100 Å². The van der Waals surface area contributed by atoms with Crippen molar-refractivity contribution in [1.29, 1.82) is 0 Å². The second-order valence-corrected chi connectivity index (χ2v) is 7.95. The normalized spacial score (nSPS) is 11.7. The molecule has 0 radical (unpaired) electrons. The fraction of sp³-hybridized carbons (Fsp3) is 0.444. The first-order valence-electron chi connectivity index (χ1n) is 9.12. The van der Waals surface area contributed by atoms with Crippen LogP contribution in [-0.4, -0.2) is 56.1 Å². The van der Waals surface area contributed by atoms with E-state index in [2.05, 4.69) is 37.6 Å². The Kier molecular flexibility index (Phi) is 11.1. The number of rotatable bonds is 10. The van der Waals surface area contributed by atoms with Gasteiger partial charge in [0.1, 0.15) is 0 Å². The molecule has 0 aliphatic carbocycles. The molecule has 8 nitrogen and oxygen atoms in total. The van der Waals surface area contributed by atoms with Crippen LogP contribution in [-0.2, 0) is 16.4 Å². The number of hydrogen-bond acceptors (Lipinski definition) is 4. The van der Waals surface area contributed by atoms with E-state index in [1.54, 1.807) is 13.1 Å². The van der Waals surface area contributed by atoms with Gasteiger partial charge in [0, 0.05) is 32.0 Å². The number of aliphatic imine (C=N–C) groups is 1. The number of guanidine groups is 1. The Morgan fingerprint density at radius 3 is 2.50 bits per heavy atom. The Bertz CT molecular complexity index is 807. The first-order chi connectivity index (χ1) is 13.0. The van der Waals surface area contributed by atoms with E-state index in [9.17, 15) is 8.42 Å². The molecule has 0 saturated carbocycles. The molecular formula is C18H29IN6O2S. The third-order valence-electron chi connectivity index (χ3n) is 3.84. The lowest BCUT2D eigenvalue weighted by Gasteiger charge is -2.12. The molecule has 0 spiro atoms. The lowest BCUT2D eigenvalue weighted by molar-refractivity contribution is 0.583. The van der Waals surface area contributed by atoms with Crippen molar-refractivity contribution in [1.82, 2.24) is 25.1 Å². The van der Waals surface area contributed by atoms with E-state index in [0.29, 0.717) is 19.0 Å². The largest absolute Gasteiger partial charge is 0.357 e. The van der Waals surface area contributed by atoms with E-state index in [4.69, 9.17) is 0 Å². The van der Waals surface area contributed by atoms with E-state index in [1.807, 2.05) is 36.0 Å². The Labute approximate surface area is 184 Å². The number of halogens is 1. The average molecular weight is 520 g/mol. The number of sulfonamides is 1. The molecule has 28 heavy (non-hydrogen) atoms. The smallest absolute Gasteiger partial charge is 0.211 e. The zero-order valence-electron chi connectivity index (χ0n) is 16.3. The first-order valence-corrected chi connectivity index (χ1v) is 10.8. The summed E-state index contributed by atoms with van der Waals surface area (Å²) >= 11 is 0. The number of hydrogen-bond donors (Lipinski definition) is 3. The number of aromatic nitrogens is 2. The SMILES string of the molecule is CCNC(=NCCNS(=O)(=O)CC)NCCc1ccc(-n2cccn2)cc1.I. The van der Waals surface area contributed by atoms with E-state index in [-0.39, 0.29) is 29.7 Å². The minimum atomic E-state index is -3.17. The van der Waals surface area contributed by atoms with Crippen molar-refractivity contribution in [3.05, 3.63) is 48.3 Å². The van der Waals surface area contributed by atoms with Gasteiger partial charge in [-0.1, -0.05) is 12.1 Å². The summed E-state index contributed by atoms with van der Waals surface area (Å²) in [6.07, 6.45) is 4.52. The molecule has 1 heterocycles. The number of nitrogens with zero attached hydrogens (tertiary/aromatic N) is 3. The van der Waals surface area contributed by atoms with Crippen molar-refractivity contribution in [2.45, 2.75) is 20.3 Å². The molecule has 1 aromatic heterocycles. The van der Waals surface area contributed by atoms with Crippen molar-refractivity contribution in [2.24, 2.45) is 4.99 Å². The van der Waals surface area contributed by atoms with Crippen LogP contribution >= 0.6 is 24.0 Å². The van der Waals surface area contributed by atoms with Gasteiger partial charge < -0.3 is 10.6 Å². The van der Waals surface area contributed by atoms with Gasteiger partial charge in [0.15, 0.2) is 5.96 Å². The van der Waals surface area contributed by atoms with Crippen LogP contribution in [0.4, 0.5) is 0 Å². The summed E-state index contributed by atoms with van der Waals surface area (Å²) in [5, 5.41) is 10.6. The highest BCUT2D eigenvalue weighted by Crippen LogP contribution is 2.08. The molecule has 0 aliphatic heterocycles. The summed E-state index contributed by atoms with van der Waals surface area (Å²) < 4.78 is 27.1. The quantitative estimate of drug-likeness (QED) is 0.191. The lowest BCUT2D eigenvalue weighted by Crippen LogP contribution is -2.39. The van der Waals surface area contributed by atoms with E-state index in [1.165, 1.54) is 5.56 Å². The zero-order valence-corrected chi connectivity index (χ0v) is 19.4. The Hall–Kier alpha value is -1.66. The van der Waals surface area contributed by atoms with Crippen LogP contribution in [0.5, 0.6) is 0 Å². The Balaban J connectivity index is 0.00000392. The van der Waals surface area contributed by atoms with Crippen LogP contribution in [0.15, 0.2) is 47.7 Å². The molecular weight excluding hydrogens is 491 g/mol. The van der Waals surface area contributed by atoms with Crippen molar-refractivity contribution in [3.63, 3.8) is 0 Å². The van der Waals surface area contributed by atoms with Crippen LogP contribution in [0, 0.1) is 0 Å². The van der Waals surface area contributed by atoms with Crippen molar-refractivity contribution >= 4 is 40.0 Å². The highest BCUT2D eigenvalue weighted by molar-refractivity contribution is 14.0. The van der Waals surface area contributed by atoms with Crippen LogP contribution < -0.4 is 15.4 Å². The molecule has 156 valence electrons. The Morgan fingerprint density at radius 1 is 1.14 bits per heavy atom. The van der Waals surface area contributed by atoms with Gasteiger partial charge in [-0.3, -0.25) is 4.99 Å². The first kappa shape index (κ1) is 24.4. The molecule has 0 unspecified atom stereocenters. The van der Waals surface area contributed by atoms with Crippen molar-refractivity contribution in [2.75, 3.05) is 31.9 Å². The third-order valence-corrected chi connectivity index (χ3v) is 5.24. The summed E-state index contributed by atoms with van der Waals surface area (Å²) in [6.45, 7) is 5.75. The molecule has 0 atom stereocenters. The summed E-state index contributed by atoms with van der Waals surface area (Å²) in [7, 11) is -3.17. The zero-order chi connectivity index (χ0) is 19.5. The summed E-state index contributed by atoms with van der Waals surface area (Å²) in [5.41, 5.74) is 2.24. The van der Waals surface area contributed by atoms with Crippen molar-refractivity contribution in [3.8, 4) is 5.69 Å². The number of benzene rings is 1. The molecule has 10 heteroatoms. The van der Waals surface area contributed by atoms with E-state index < -0.39 is 10.0 Å². The lowest BCUT2D eigenvalue weighted by atomic mass is 10.1. The molecule has 0 aliphatic rings. The minimum Gasteiger partial charge on any atom is -0.357 e. The fourth-order valence-electron chi connectivity index (χ4n) is 2.37. The van der Waals surface area contributed by atoms with E-state index >= 15 is 0 Å². The molecule has 2 aromatic rings. The summed E-state index contributed by atoms with van der Waals surface area (Å²) in [6, 6.07) is 10.2. The van der Waals surface area contributed by atoms with E-state index in [0.717, 1.165) is 25.2 Å². The van der Waals surface area contributed by atoms with Gasteiger partial charge in [0.25, 0.3) is 0 Å². The monoisotopic (exact) mass is 520 g/mol. The average Bonchev–Trinajstić information content (AvgIpc) is 3.20.